The Labute approximate surface area is 129 Å². The fourth-order valence-electron chi connectivity index (χ4n) is 2.96. The number of thioether (sulfide) groups is 2. The largest absolute Gasteiger partial charge is 0.326 e. The minimum absolute atomic E-state index is 0.244. The van der Waals surface area contributed by atoms with Crippen molar-refractivity contribution in [2.75, 3.05) is 11.5 Å². The van der Waals surface area contributed by atoms with Crippen LogP contribution in [0.15, 0.2) is 42.5 Å². The van der Waals surface area contributed by atoms with Gasteiger partial charge in [-0.05, 0) is 22.8 Å². The summed E-state index contributed by atoms with van der Waals surface area (Å²) in [4.78, 5) is 0. The third-order valence-corrected chi connectivity index (χ3v) is 7.27. The summed E-state index contributed by atoms with van der Waals surface area (Å²) in [7, 11) is 0. The summed E-state index contributed by atoms with van der Waals surface area (Å²) in [5, 5.41) is 3.91. The van der Waals surface area contributed by atoms with Crippen molar-refractivity contribution in [3.05, 3.63) is 48.0 Å². The molecule has 0 saturated carbocycles. The molecule has 1 heterocycles. The number of nitrogens with two attached hydrogens (primary N) is 1. The summed E-state index contributed by atoms with van der Waals surface area (Å²) in [5.41, 5.74) is 7.92. The van der Waals surface area contributed by atoms with E-state index in [9.17, 15) is 0 Å². The van der Waals surface area contributed by atoms with Crippen molar-refractivity contribution in [1.82, 2.24) is 0 Å². The molecule has 1 aliphatic rings. The van der Waals surface area contributed by atoms with E-state index in [-0.39, 0.29) is 6.04 Å². The van der Waals surface area contributed by atoms with Crippen LogP contribution in [0.5, 0.6) is 0 Å². The molecule has 1 fully saturated rings. The van der Waals surface area contributed by atoms with Crippen LogP contribution in [0.1, 0.15) is 12.5 Å². The molecule has 3 atom stereocenters. The maximum Gasteiger partial charge on any atom is 0.0318 e. The smallest absolute Gasteiger partial charge is 0.0318 e. The summed E-state index contributed by atoms with van der Waals surface area (Å²) in [6.45, 7) is 2.32. The molecule has 1 nitrogen and oxygen atoms in total. The molecule has 3 heteroatoms. The molecule has 3 rings (SSSR count). The third kappa shape index (κ3) is 3.00. The van der Waals surface area contributed by atoms with Gasteiger partial charge >= 0.3 is 0 Å². The molecule has 3 unspecified atom stereocenters. The molecule has 0 amide bonds. The fraction of sp³-hybridized carbons (Fsp3) is 0.412. The number of hydrogen-bond acceptors (Lipinski definition) is 3. The van der Waals surface area contributed by atoms with Crippen LogP contribution in [-0.4, -0.2) is 28.0 Å². The van der Waals surface area contributed by atoms with E-state index in [2.05, 4.69) is 72.9 Å². The Morgan fingerprint density at radius 1 is 1.10 bits per heavy atom. The van der Waals surface area contributed by atoms with Crippen molar-refractivity contribution in [3.63, 3.8) is 0 Å². The first-order valence-corrected chi connectivity index (χ1v) is 9.31. The number of rotatable bonds is 3. The second-order valence-electron chi connectivity index (χ2n) is 5.42. The van der Waals surface area contributed by atoms with E-state index in [1.807, 2.05) is 0 Å². The third-order valence-electron chi connectivity index (χ3n) is 3.99. The summed E-state index contributed by atoms with van der Waals surface area (Å²) >= 11 is 4.13. The molecule has 1 aliphatic heterocycles. The van der Waals surface area contributed by atoms with Crippen LogP contribution in [0, 0.1) is 0 Å². The topological polar surface area (TPSA) is 26.0 Å². The van der Waals surface area contributed by atoms with Gasteiger partial charge in [-0.3, -0.25) is 0 Å². The first-order chi connectivity index (χ1) is 9.75. The van der Waals surface area contributed by atoms with E-state index in [4.69, 9.17) is 5.73 Å². The Morgan fingerprint density at radius 2 is 1.85 bits per heavy atom. The molecule has 2 aromatic rings. The van der Waals surface area contributed by atoms with Crippen molar-refractivity contribution in [3.8, 4) is 0 Å². The Morgan fingerprint density at radius 3 is 2.70 bits per heavy atom. The molecule has 0 bridgehead atoms. The predicted molar refractivity (Wildman–Crippen MR) is 93.8 cm³/mol. The van der Waals surface area contributed by atoms with Gasteiger partial charge in [-0.2, -0.15) is 23.5 Å². The van der Waals surface area contributed by atoms with Gasteiger partial charge < -0.3 is 5.73 Å². The Kier molecular flexibility index (Phi) is 4.59. The summed E-state index contributed by atoms with van der Waals surface area (Å²) in [6.07, 6.45) is 0.976. The lowest BCUT2D eigenvalue weighted by Crippen LogP contribution is -2.42. The molecule has 0 radical (unpaired) electrons. The lowest BCUT2D eigenvalue weighted by molar-refractivity contribution is 0.624. The number of hydrogen-bond donors (Lipinski definition) is 1. The molecule has 2 aromatic carbocycles. The highest BCUT2D eigenvalue weighted by molar-refractivity contribution is 8.07. The highest BCUT2D eigenvalue weighted by Crippen LogP contribution is 2.33. The van der Waals surface area contributed by atoms with Crippen molar-refractivity contribution < 1.29 is 0 Å². The van der Waals surface area contributed by atoms with Crippen LogP contribution in [0.4, 0.5) is 0 Å². The zero-order valence-corrected chi connectivity index (χ0v) is 13.4. The molecule has 20 heavy (non-hydrogen) atoms. The zero-order valence-electron chi connectivity index (χ0n) is 11.8. The van der Waals surface area contributed by atoms with Gasteiger partial charge in [0.25, 0.3) is 0 Å². The first-order valence-electron chi connectivity index (χ1n) is 7.21. The summed E-state index contributed by atoms with van der Waals surface area (Å²) in [6, 6.07) is 15.4. The zero-order chi connectivity index (χ0) is 13.9. The van der Waals surface area contributed by atoms with Gasteiger partial charge in [0.1, 0.15) is 0 Å². The Balaban J connectivity index is 1.82. The summed E-state index contributed by atoms with van der Waals surface area (Å²) < 4.78 is 0. The first kappa shape index (κ1) is 14.3. The maximum absolute atomic E-state index is 6.53. The van der Waals surface area contributed by atoms with Crippen LogP contribution in [0.3, 0.4) is 0 Å². The van der Waals surface area contributed by atoms with Crippen molar-refractivity contribution in [1.29, 1.82) is 0 Å². The molecular weight excluding hydrogens is 282 g/mol. The van der Waals surface area contributed by atoms with E-state index >= 15 is 0 Å². The molecule has 0 aromatic heterocycles. The van der Waals surface area contributed by atoms with Crippen LogP contribution in [0.25, 0.3) is 10.8 Å². The highest BCUT2D eigenvalue weighted by Gasteiger charge is 2.28. The molecule has 0 aliphatic carbocycles. The average molecular weight is 303 g/mol. The van der Waals surface area contributed by atoms with Crippen LogP contribution in [0.2, 0.25) is 0 Å². The van der Waals surface area contributed by atoms with Crippen molar-refractivity contribution >= 4 is 34.3 Å². The lowest BCUT2D eigenvalue weighted by atomic mass is 9.97. The van der Waals surface area contributed by atoms with Crippen molar-refractivity contribution in [2.45, 2.75) is 29.9 Å². The molecular formula is C17H21NS2. The standard InChI is InChI=1S/C17H21NS2/c1-12-17(20-10-9-19-12)16(18)11-14-7-4-6-13-5-2-3-8-15(13)14/h2-8,12,16-17H,9-11,18H2,1H3. The lowest BCUT2D eigenvalue weighted by Gasteiger charge is -2.32. The van der Waals surface area contributed by atoms with Gasteiger partial charge in [-0.1, -0.05) is 49.4 Å². The minimum Gasteiger partial charge on any atom is -0.326 e. The van der Waals surface area contributed by atoms with Crippen LogP contribution in [-0.2, 0) is 6.42 Å². The quantitative estimate of drug-likeness (QED) is 0.930. The second kappa shape index (κ2) is 6.42. The van der Waals surface area contributed by atoms with E-state index in [0.717, 1.165) is 6.42 Å². The minimum atomic E-state index is 0.244. The van der Waals surface area contributed by atoms with Crippen LogP contribution >= 0.6 is 23.5 Å². The normalized spacial score (nSPS) is 24.7. The van der Waals surface area contributed by atoms with Gasteiger partial charge in [0, 0.05) is 28.0 Å². The van der Waals surface area contributed by atoms with E-state index in [1.54, 1.807) is 0 Å². The van der Waals surface area contributed by atoms with Gasteiger partial charge in [-0.25, -0.2) is 0 Å². The molecule has 2 N–H and O–H groups in total. The molecule has 106 valence electrons. The maximum atomic E-state index is 6.53. The Hall–Kier alpha value is -0.640. The highest BCUT2D eigenvalue weighted by atomic mass is 32.2. The second-order valence-corrected chi connectivity index (χ2v) is 8.19. The van der Waals surface area contributed by atoms with Crippen molar-refractivity contribution in [2.24, 2.45) is 5.73 Å². The van der Waals surface area contributed by atoms with Crippen LogP contribution < -0.4 is 5.73 Å². The van der Waals surface area contributed by atoms with Gasteiger partial charge in [-0.15, -0.1) is 0 Å². The number of fused-ring (bicyclic) bond motifs is 1. The Bertz CT molecular complexity index is 579. The van der Waals surface area contributed by atoms with E-state index < -0.39 is 0 Å². The van der Waals surface area contributed by atoms with Gasteiger partial charge in [0.15, 0.2) is 0 Å². The SMILES string of the molecule is CC1SCCSC1C(N)Cc1cccc2ccccc12. The summed E-state index contributed by atoms with van der Waals surface area (Å²) in [5.74, 6) is 2.51. The average Bonchev–Trinajstić information content (AvgIpc) is 2.48. The predicted octanol–water partition coefficient (Wildman–Crippen LogP) is 3.95. The van der Waals surface area contributed by atoms with E-state index in [0.29, 0.717) is 10.5 Å². The van der Waals surface area contributed by atoms with Gasteiger partial charge in [0.2, 0.25) is 0 Å². The monoisotopic (exact) mass is 303 g/mol. The fourth-order valence-corrected chi connectivity index (χ4v) is 5.85. The van der Waals surface area contributed by atoms with Gasteiger partial charge in [0.05, 0.1) is 0 Å². The molecule has 0 spiro atoms. The molecule has 1 saturated heterocycles. The number of benzene rings is 2. The van der Waals surface area contributed by atoms with E-state index in [1.165, 1.54) is 27.8 Å².